The summed E-state index contributed by atoms with van der Waals surface area (Å²) in [5, 5.41) is 7.38. The third kappa shape index (κ3) is 7.45. The fourth-order valence-electron chi connectivity index (χ4n) is 2.66. The fraction of sp³-hybridized carbons (Fsp3) is 0.688. The maximum absolute atomic E-state index is 11.8. The van der Waals surface area contributed by atoms with E-state index < -0.39 is 0 Å². The van der Waals surface area contributed by atoms with Gasteiger partial charge in [0.05, 0.1) is 13.1 Å². The van der Waals surface area contributed by atoms with Gasteiger partial charge in [-0.25, -0.2) is 4.98 Å². The number of rotatable bonds is 5. The third-order valence-corrected chi connectivity index (χ3v) is 4.68. The van der Waals surface area contributed by atoms with Crippen LogP contribution in [0, 0.1) is 6.92 Å². The number of hydrogen-bond donors (Lipinski definition) is 2. The molecule has 2 N–H and O–H groups in total. The van der Waals surface area contributed by atoms with Gasteiger partial charge in [0.15, 0.2) is 5.96 Å². The van der Waals surface area contributed by atoms with Gasteiger partial charge in [-0.05, 0) is 20.8 Å². The Bertz CT molecular complexity index is 569. The van der Waals surface area contributed by atoms with E-state index in [1.54, 1.807) is 18.4 Å². The fourth-order valence-corrected chi connectivity index (χ4v) is 3.39. The predicted octanol–water partition coefficient (Wildman–Crippen LogP) is 1.29. The molecule has 0 bridgehead atoms. The molecule has 0 aliphatic carbocycles. The molecule has 0 unspecified atom stereocenters. The predicted molar refractivity (Wildman–Crippen MR) is 114 cm³/mol. The maximum atomic E-state index is 11.8. The lowest BCUT2D eigenvalue weighted by atomic mass is 10.3. The average Bonchev–Trinajstić information content (AvgIpc) is 2.94. The zero-order chi connectivity index (χ0) is 17.5. The Morgan fingerprint density at radius 3 is 2.56 bits per heavy atom. The van der Waals surface area contributed by atoms with E-state index in [1.165, 1.54) is 4.88 Å². The van der Waals surface area contributed by atoms with Gasteiger partial charge in [0.25, 0.3) is 0 Å². The van der Waals surface area contributed by atoms with Crippen molar-refractivity contribution < 1.29 is 4.79 Å². The van der Waals surface area contributed by atoms with Gasteiger partial charge < -0.3 is 15.5 Å². The Hall–Kier alpha value is -0.940. The highest BCUT2D eigenvalue weighted by molar-refractivity contribution is 14.0. The Labute approximate surface area is 171 Å². The summed E-state index contributed by atoms with van der Waals surface area (Å²) in [6, 6.07) is 0.191. The van der Waals surface area contributed by atoms with Gasteiger partial charge in [0, 0.05) is 50.3 Å². The van der Waals surface area contributed by atoms with Crippen molar-refractivity contribution in [1.82, 2.24) is 25.4 Å². The normalized spacial score (nSPS) is 15.9. The first-order valence-corrected chi connectivity index (χ1v) is 9.18. The molecule has 0 spiro atoms. The van der Waals surface area contributed by atoms with Crippen LogP contribution in [0.25, 0.3) is 0 Å². The topological polar surface area (TPSA) is 72.9 Å². The SMILES string of the molecule is CN=C(NCc1ncc(C)s1)N1CCN(CC(=O)NC(C)C)CC1.I. The van der Waals surface area contributed by atoms with E-state index in [0.29, 0.717) is 13.1 Å². The van der Waals surface area contributed by atoms with Crippen LogP contribution >= 0.6 is 35.3 Å². The number of nitrogens with zero attached hydrogens (tertiary/aromatic N) is 4. The molecule has 0 atom stereocenters. The lowest BCUT2D eigenvalue weighted by Gasteiger charge is -2.36. The van der Waals surface area contributed by atoms with Crippen LogP contribution in [0.4, 0.5) is 0 Å². The molecule has 1 aliphatic rings. The molecule has 0 saturated carbocycles. The Morgan fingerprint density at radius 1 is 1.36 bits per heavy atom. The van der Waals surface area contributed by atoms with Gasteiger partial charge in [0.1, 0.15) is 5.01 Å². The number of carbonyl (C=O) groups excluding carboxylic acids is 1. The van der Waals surface area contributed by atoms with Crippen molar-refractivity contribution in [1.29, 1.82) is 0 Å². The van der Waals surface area contributed by atoms with Crippen molar-refractivity contribution in [2.24, 2.45) is 4.99 Å². The molecule has 25 heavy (non-hydrogen) atoms. The zero-order valence-corrected chi connectivity index (χ0v) is 18.6. The number of piperazine rings is 1. The van der Waals surface area contributed by atoms with Crippen LogP contribution in [-0.2, 0) is 11.3 Å². The van der Waals surface area contributed by atoms with Crippen LogP contribution in [0.5, 0.6) is 0 Å². The minimum Gasteiger partial charge on any atom is -0.353 e. The molecule has 7 nitrogen and oxygen atoms in total. The zero-order valence-electron chi connectivity index (χ0n) is 15.4. The molecule has 1 aromatic heterocycles. The van der Waals surface area contributed by atoms with Gasteiger partial charge in [-0.1, -0.05) is 0 Å². The molecule has 0 aromatic carbocycles. The molecular weight excluding hydrogens is 451 g/mol. The van der Waals surface area contributed by atoms with Crippen LogP contribution in [0.3, 0.4) is 0 Å². The average molecular weight is 480 g/mol. The first kappa shape index (κ1) is 22.1. The molecule has 2 heterocycles. The van der Waals surface area contributed by atoms with E-state index >= 15 is 0 Å². The monoisotopic (exact) mass is 480 g/mol. The van der Waals surface area contributed by atoms with Gasteiger partial charge in [-0.3, -0.25) is 14.7 Å². The van der Waals surface area contributed by atoms with Crippen LogP contribution in [0.1, 0.15) is 23.7 Å². The van der Waals surface area contributed by atoms with Crippen LogP contribution in [0.2, 0.25) is 0 Å². The Kier molecular flexibility index (Phi) is 9.65. The number of carbonyl (C=O) groups is 1. The molecule has 1 saturated heterocycles. The number of aromatic nitrogens is 1. The standard InChI is InChI=1S/C16H28N6OS.HI/c1-12(2)20-14(23)11-21-5-7-22(8-6-21)16(17-4)19-10-15-18-9-13(3)24-15;/h9,12H,5-8,10-11H2,1-4H3,(H,17,19)(H,20,23);1H. The van der Waals surface area contributed by atoms with Crippen molar-refractivity contribution in [3.8, 4) is 0 Å². The minimum atomic E-state index is 0. The lowest BCUT2D eigenvalue weighted by Crippen LogP contribution is -2.54. The van der Waals surface area contributed by atoms with Gasteiger partial charge in [0.2, 0.25) is 5.91 Å². The quantitative estimate of drug-likeness (QED) is 0.378. The van der Waals surface area contributed by atoms with Crippen molar-refractivity contribution in [3.05, 3.63) is 16.1 Å². The van der Waals surface area contributed by atoms with E-state index in [9.17, 15) is 4.79 Å². The van der Waals surface area contributed by atoms with Crippen molar-refractivity contribution in [2.45, 2.75) is 33.4 Å². The van der Waals surface area contributed by atoms with E-state index in [2.05, 4.69) is 37.3 Å². The van der Waals surface area contributed by atoms with Crippen molar-refractivity contribution >= 4 is 47.2 Å². The van der Waals surface area contributed by atoms with Gasteiger partial charge in [-0.15, -0.1) is 35.3 Å². The molecule has 0 radical (unpaired) electrons. The molecule has 1 fully saturated rings. The highest BCUT2D eigenvalue weighted by Gasteiger charge is 2.21. The number of thiazole rings is 1. The van der Waals surface area contributed by atoms with Gasteiger partial charge >= 0.3 is 0 Å². The number of guanidine groups is 1. The molecule has 1 aliphatic heterocycles. The Balaban J connectivity index is 0.00000312. The smallest absolute Gasteiger partial charge is 0.234 e. The Morgan fingerprint density at radius 2 is 2.04 bits per heavy atom. The summed E-state index contributed by atoms with van der Waals surface area (Å²) in [6.45, 7) is 10.6. The van der Waals surface area contributed by atoms with E-state index in [-0.39, 0.29) is 35.9 Å². The van der Waals surface area contributed by atoms with Gasteiger partial charge in [-0.2, -0.15) is 0 Å². The molecule has 1 amide bonds. The second kappa shape index (κ2) is 10.9. The first-order valence-electron chi connectivity index (χ1n) is 8.36. The summed E-state index contributed by atoms with van der Waals surface area (Å²) in [5.41, 5.74) is 0. The summed E-state index contributed by atoms with van der Waals surface area (Å²) in [4.78, 5) is 26.2. The maximum Gasteiger partial charge on any atom is 0.234 e. The molecule has 142 valence electrons. The number of nitrogens with one attached hydrogen (secondary N) is 2. The number of halogens is 1. The highest BCUT2D eigenvalue weighted by Crippen LogP contribution is 2.11. The number of amides is 1. The van der Waals surface area contributed by atoms with E-state index in [0.717, 1.165) is 37.1 Å². The van der Waals surface area contributed by atoms with Crippen molar-refractivity contribution in [2.75, 3.05) is 39.8 Å². The van der Waals surface area contributed by atoms with Crippen LogP contribution < -0.4 is 10.6 Å². The first-order chi connectivity index (χ1) is 11.5. The lowest BCUT2D eigenvalue weighted by molar-refractivity contribution is -0.123. The summed E-state index contributed by atoms with van der Waals surface area (Å²) < 4.78 is 0. The minimum absolute atomic E-state index is 0. The highest BCUT2D eigenvalue weighted by atomic mass is 127. The molecular formula is C16H29IN6OS. The number of aliphatic imine (C=N–C) groups is 1. The number of aryl methyl sites for hydroxylation is 1. The second-order valence-electron chi connectivity index (χ2n) is 6.25. The van der Waals surface area contributed by atoms with Crippen LogP contribution in [-0.4, -0.2) is 72.5 Å². The molecule has 9 heteroatoms. The largest absolute Gasteiger partial charge is 0.353 e. The summed E-state index contributed by atoms with van der Waals surface area (Å²) in [5.74, 6) is 0.995. The van der Waals surface area contributed by atoms with Crippen molar-refractivity contribution in [3.63, 3.8) is 0 Å². The van der Waals surface area contributed by atoms with E-state index in [4.69, 9.17) is 0 Å². The summed E-state index contributed by atoms with van der Waals surface area (Å²) >= 11 is 1.70. The molecule has 1 aromatic rings. The molecule has 2 rings (SSSR count). The van der Waals surface area contributed by atoms with E-state index in [1.807, 2.05) is 20.0 Å². The third-order valence-electron chi connectivity index (χ3n) is 3.77. The second-order valence-corrected chi connectivity index (χ2v) is 7.57. The summed E-state index contributed by atoms with van der Waals surface area (Å²) in [6.07, 6.45) is 1.89. The van der Waals surface area contributed by atoms with Crippen LogP contribution in [0.15, 0.2) is 11.2 Å². The number of hydrogen-bond acceptors (Lipinski definition) is 5. The summed E-state index contributed by atoms with van der Waals surface area (Å²) in [7, 11) is 1.80.